The first-order chi connectivity index (χ1) is 12.3. The van der Waals surface area contributed by atoms with E-state index in [0.717, 1.165) is 17.7 Å². The summed E-state index contributed by atoms with van der Waals surface area (Å²) in [5.41, 5.74) is 1.00. The number of amides is 1. The molecule has 0 spiro atoms. The Morgan fingerprint density at radius 1 is 1.04 bits per heavy atom. The molecule has 0 fully saturated rings. The highest BCUT2D eigenvalue weighted by atomic mass is 32.2. The number of rotatable bonds is 8. The molecule has 0 heterocycles. The largest absolute Gasteiger partial charge is 0.349 e. The highest BCUT2D eigenvalue weighted by molar-refractivity contribution is 7.89. The van der Waals surface area contributed by atoms with E-state index in [1.165, 1.54) is 12.1 Å². The summed E-state index contributed by atoms with van der Waals surface area (Å²) in [5, 5.41) is 2.94. The summed E-state index contributed by atoms with van der Waals surface area (Å²) >= 11 is 0. The lowest BCUT2D eigenvalue weighted by molar-refractivity contribution is -0.122. The van der Waals surface area contributed by atoms with E-state index in [2.05, 4.69) is 10.0 Å². The van der Waals surface area contributed by atoms with Gasteiger partial charge in [0.05, 0.1) is 10.9 Å². The number of carbonyl (C=O) groups is 1. The fraction of sp³-hybridized carbons (Fsp3) is 0.316. The van der Waals surface area contributed by atoms with Gasteiger partial charge in [-0.25, -0.2) is 17.5 Å². The van der Waals surface area contributed by atoms with Crippen LogP contribution in [0.4, 0.5) is 4.39 Å². The second kappa shape index (κ2) is 8.91. The predicted molar refractivity (Wildman–Crippen MR) is 98.4 cm³/mol. The molecule has 5 nitrogen and oxygen atoms in total. The molecule has 2 aromatic carbocycles. The SMILES string of the molecule is CC(C)C(NC(=O)CCNS(=O)(=O)c1ccc(F)cc1)c1ccccc1. The summed E-state index contributed by atoms with van der Waals surface area (Å²) in [6.45, 7) is 3.98. The van der Waals surface area contributed by atoms with Crippen molar-refractivity contribution in [3.8, 4) is 0 Å². The Labute approximate surface area is 153 Å². The second-order valence-electron chi connectivity index (χ2n) is 6.30. The maximum Gasteiger partial charge on any atom is 0.240 e. The van der Waals surface area contributed by atoms with Crippen molar-refractivity contribution in [2.75, 3.05) is 6.54 Å². The summed E-state index contributed by atoms with van der Waals surface area (Å²) < 4.78 is 39.5. The van der Waals surface area contributed by atoms with Crippen molar-refractivity contribution in [1.82, 2.24) is 10.0 Å². The summed E-state index contributed by atoms with van der Waals surface area (Å²) in [6, 6.07) is 14.0. The average Bonchev–Trinajstić information content (AvgIpc) is 2.60. The van der Waals surface area contributed by atoms with Gasteiger partial charge in [0, 0.05) is 13.0 Å². The maximum absolute atomic E-state index is 12.9. The van der Waals surface area contributed by atoms with Crippen LogP contribution < -0.4 is 10.0 Å². The van der Waals surface area contributed by atoms with Gasteiger partial charge in [-0.1, -0.05) is 44.2 Å². The van der Waals surface area contributed by atoms with Gasteiger partial charge in [0.1, 0.15) is 5.82 Å². The topological polar surface area (TPSA) is 75.3 Å². The molecule has 2 N–H and O–H groups in total. The zero-order valence-corrected chi connectivity index (χ0v) is 15.6. The molecule has 0 radical (unpaired) electrons. The van der Waals surface area contributed by atoms with E-state index < -0.39 is 15.8 Å². The van der Waals surface area contributed by atoms with Gasteiger partial charge in [-0.3, -0.25) is 4.79 Å². The van der Waals surface area contributed by atoms with Crippen LogP contribution >= 0.6 is 0 Å². The van der Waals surface area contributed by atoms with Crippen LogP contribution in [0.3, 0.4) is 0 Å². The average molecular weight is 378 g/mol. The van der Waals surface area contributed by atoms with Gasteiger partial charge in [0.2, 0.25) is 15.9 Å². The monoisotopic (exact) mass is 378 g/mol. The van der Waals surface area contributed by atoms with Gasteiger partial charge in [0.25, 0.3) is 0 Å². The van der Waals surface area contributed by atoms with Crippen molar-refractivity contribution in [3.63, 3.8) is 0 Å². The van der Waals surface area contributed by atoms with E-state index >= 15 is 0 Å². The minimum absolute atomic E-state index is 0.0104. The Kier molecular flexibility index (Phi) is 6.88. The quantitative estimate of drug-likeness (QED) is 0.741. The molecule has 0 aliphatic rings. The lowest BCUT2D eigenvalue weighted by Crippen LogP contribution is -2.34. The molecule has 0 aromatic heterocycles. The number of halogens is 1. The van der Waals surface area contributed by atoms with E-state index in [0.29, 0.717) is 0 Å². The number of hydrogen-bond donors (Lipinski definition) is 2. The van der Waals surface area contributed by atoms with Crippen molar-refractivity contribution in [2.45, 2.75) is 31.2 Å². The fourth-order valence-electron chi connectivity index (χ4n) is 2.54. The Morgan fingerprint density at radius 2 is 1.65 bits per heavy atom. The van der Waals surface area contributed by atoms with Gasteiger partial charge in [0.15, 0.2) is 0 Å². The first-order valence-electron chi connectivity index (χ1n) is 8.39. The van der Waals surface area contributed by atoms with Crippen LogP contribution in [0.25, 0.3) is 0 Å². The number of carbonyl (C=O) groups excluding carboxylic acids is 1. The molecule has 1 amide bonds. The van der Waals surface area contributed by atoms with E-state index in [-0.39, 0.29) is 35.7 Å². The standard InChI is InChI=1S/C19H23FN2O3S/c1-14(2)19(15-6-4-3-5-7-15)22-18(23)12-13-21-26(24,25)17-10-8-16(20)9-11-17/h3-11,14,19,21H,12-13H2,1-2H3,(H,22,23). The number of hydrogen-bond acceptors (Lipinski definition) is 3. The molecule has 2 aromatic rings. The van der Waals surface area contributed by atoms with E-state index in [1.807, 2.05) is 44.2 Å². The third-order valence-electron chi connectivity index (χ3n) is 3.91. The molecule has 26 heavy (non-hydrogen) atoms. The highest BCUT2D eigenvalue weighted by Gasteiger charge is 2.19. The van der Waals surface area contributed by atoms with Crippen molar-refractivity contribution < 1.29 is 17.6 Å². The van der Waals surface area contributed by atoms with Crippen molar-refractivity contribution in [3.05, 3.63) is 66.0 Å². The van der Waals surface area contributed by atoms with Crippen molar-refractivity contribution in [2.24, 2.45) is 5.92 Å². The number of benzene rings is 2. The summed E-state index contributed by atoms with van der Waals surface area (Å²) in [5.74, 6) is -0.560. The third kappa shape index (κ3) is 5.64. The summed E-state index contributed by atoms with van der Waals surface area (Å²) in [6.07, 6.45) is 0.0104. The molecule has 0 saturated heterocycles. The van der Waals surface area contributed by atoms with Crippen LogP contribution in [-0.4, -0.2) is 20.9 Å². The highest BCUT2D eigenvalue weighted by Crippen LogP contribution is 2.21. The van der Waals surface area contributed by atoms with Gasteiger partial charge in [-0.05, 0) is 35.7 Å². The minimum atomic E-state index is -3.77. The molecule has 1 unspecified atom stereocenters. The molecule has 0 aliphatic carbocycles. The normalized spacial score (nSPS) is 12.8. The van der Waals surface area contributed by atoms with E-state index in [1.54, 1.807) is 0 Å². The van der Waals surface area contributed by atoms with Gasteiger partial charge >= 0.3 is 0 Å². The predicted octanol–water partition coefficient (Wildman–Crippen LogP) is 3.01. The van der Waals surface area contributed by atoms with Crippen LogP contribution in [-0.2, 0) is 14.8 Å². The minimum Gasteiger partial charge on any atom is -0.349 e. The number of sulfonamides is 1. The smallest absolute Gasteiger partial charge is 0.240 e. The fourth-order valence-corrected chi connectivity index (χ4v) is 3.57. The lowest BCUT2D eigenvalue weighted by Gasteiger charge is -2.23. The first kappa shape index (κ1) is 20.1. The maximum atomic E-state index is 12.9. The van der Waals surface area contributed by atoms with Crippen LogP contribution in [0.2, 0.25) is 0 Å². The van der Waals surface area contributed by atoms with Crippen LogP contribution in [0.5, 0.6) is 0 Å². The Balaban J connectivity index is 1.90. The molecule has 0 aliphatic heterocycles. The number of nitrogens with one attached hydrogen (secondary N) is 2. The molecule has 0 bridgehead atoms. The third-order valence-corrected chi connectivity index (χ3v) is 5.39. The Bertz CT molecular complexity index is 822. The van der Waals surface area contributed by atoms with Gasteiger partial charge in [-0.15, -0.1) is 0 Å². The Hall–Kier alpha value is -2.25. The molecular weight excluding hydrogens is 355 g/mol. The molecular formula is C19H23FN2O3S. The lowest BCUT2D eigenvalue weighted by atomic mass is 9.96. The van der Waals surface area contributed by atoms with Crippen LogP contribution in [0.15, 0.2) is 59.5 Å². The summed E-state index contributed by atoms with van der Waals surface area (Å²) in [4.78, 5) is 12.2. The van der Waals surface area contributed by atoms with Crippen LogP contribution in [0, 0.1) is 11.7 Å². The molecule has 7 heteroatoms. The molecule has 1 atom stereocenters. The first-order valence-corrected chi connectivity index (χ1v) is 9.87. The van der Waals surface area contributed by atoms with Gasteiger partial charge in [-0.2, -0.15) is 0 Å². The molecule has 140 valence electrons. The zero-order chi connectivity index (χ0) is 19.2. The van der Waals surface area contributed by atoms with E-state index in [9.17, 15) is 17.6 Å². The summed E-state index contributed by atoms with van der Waals surface area (Å²) in [7, 11) is -3.77. The van der Waals surface area contributed by atoms with Gasteiger partial charge < -0.3 is 5.32 Å². The van der Waals surface area contributed by atoms with Crippen LogP contribution in [0.1, 0.15) is 31.9 Å². The molecule has 2 rings (SSSR count). The van der Waals surface area contributed by atoms with Crippen molar-refractivity contribution >= 4 is 15.9 Å². The zero-order valence-electron chi connectivity index (χ0n) is 14.8. The molecule has 0 saturated carbocycles. The second-order valence-corrected chi connectivity index (χ2v) is 8.07. The van der Waals surface area contributed by atoms with Crippen molar-refractivity contribution in [1.29, 1.82) is 0 Å². The van der Waals surface area contributed by atoms with E-state index in [4.69, 9.17) is 0 Å². The Morgan fingerprint density at radius 3 is 2.23 bits per heavy atom.